The maximum atomic E-state index is 3.74. The molecule has 1 aromatic rings. The van der Waals surface area contributed by atoms with Crippen molar-refractivity contribution < 1.29 is 0 Å². The summed E-state index contributed by atoms with van der Waals surface area (Å²) in [4.78, 5) is 5.18. The molecule has 1 aromatic carbocycles. The molecule has 0 unspecified atom stereocenters. The van der Waals surface area contributed by atoms with E-state index in [9.17, 15) is 0 Å². The van der Waals surface area contributed by atoms with Gasteiger partial charge in [-0.3, -0.25) is 4.90 Å². The van der Waals surface area contributed by atoms with Crippen LogP contribution in [0.4, 0.5) is 5.69 Å². The fourth-order valence-electron chi connectivity index (χ4n) is 3.17. The van der Waals surface area contributed by atoms with Gasteiger partial charge in [-0.25, -0.2) is 0 Å². The van der Waals surface area contributed by atoms with E-state index < -0.39 is 0 Å². The van der Waals surface area contributed by atoms with Gasteiger partial charge in [-0.2, -0.15) is 0 Å². The Hall–Kier alpha value is -0.540. The molecule has 0 saturated carbocycles. The summed E-state index contributed by atoms with van der Waals surface area (Å²) in [6.45, 7) is 12.7. The topological polar surface area (TPSA) is 6.48 Å². The van der Waals surface area contributed by atoms with Gasteiger partial charge in [-0.15, -0.1) is 0 Å². The Labute approximate surface area is 138 Å². The number of rotatable bonds is 6. The second-order valence-electron chi connectivity index (χ2n) is 6.44. The minimum absolute atomic E-state index is 0.450. The van der Waals surface area contributed by atoms with Crippen LogP contribution in [0.2, 0.25) is 0 Å². The molecule has 0 amide bonds. The van der Waals surface area contributed by atoms with E-state index in [0.717, 1.165) is 18.4 Å². The van der Waals surface area contributed by atoms with Crippen molar-refractivity contribution in [3.05, 3.63) is 29.8 Å². The minimum Gasteiger partial charge on any atom is -0.369 e. The van der Waals surface area contributed by atoms with Crippen molar-refractivity contribution in [2.45, 2.75) is 33.6 Å². The van der Waals surface area contributed by atoms with Crippen molar-refractivity contribution in [2.75, 3.05) is 43.0 Å². The lowest BCUT2D eigenvalue weighted by Crippen LogP contribution is -2.50. The Morgan fingerprint density at radius 3 is 2.29 bits per heavy atom. The highest BCUT2D eigenvalue weighted by Crippen LogP contribution is 2.30. The summed E-state index contributed by atoms with van der Waals surface area (Å²) >= 11 is 3.74. The number of alkyl halides is 1. The average Bonchev–Trinajstić information content (AvgIpc) is 2.53. The average molecular weight is 353 g/mol. The first kappa shape index (κ1) is 16.8. The first-order chi connectivity index (χ1) is 10.1. The van der Waals surface area contributed by atoms with E-state index in [4.69, 9.17) is 0 Å². The van der Waals surface area contributed by atoms with E-state index >= 15 is 0 Å². The number of anilines is 1. The molecule has 0 aliphatic carbocycles. The second kappa shape index (κ2) is 7.64. The van der Waals surface area contributed by atoms with Gasteiger partial charge < -0.3 is 4.90 Å². The van der Waals surface area contributed by atoms with Crippen molar-refractivity contribution in [1.29, 1.82) is 0 Å². The van der Waals surface area contributed by atoms with Crippen LogP contribution in [0.1, 0.15) is 32.3 Å². The molecule has 2 rings (SSSR count). The predicted molar refractivity (Wildman–Crippen MR) is 96.6 cm³/mol. The predicted octanol–water partition coefficient (Wildman–Crippen LogP) is 4.32. The van der Waals surface area contributed by atoms with Crippen molar-refractivity contribution in [1.82, 2.24) is 4.90 Å². The Morgan fingerprint density at radius 1 is 1.10 bits per heavy atom. The van der Waals surface area contributed by atoms with Gasteiger partial charge in [0.2, 0.25) is 0 Å². The zero-order chi connectivity index (χ0) is 15.3. The lowest BCUT2D eigenvalue weighted by atomic mass is 9.84. The van der Waals surface area contributed by atoms with Gasteiger partial charge in [-0.1, -0.05) is 41.9 Å². The maximum absolute atomic E-state index is 3.74. The summed E-state index contributed by atoms with van der Waals surface area (Å²) in [7, 11) is 0. The molecule has 0 atom stereocenters. The van der Waals surface area contributed by atoms with Crippen molar-refractivity contribution >= 4 is 21.6 Å². The van der Waals surface area contributed by atoms with Crippen LogP contribution in [0.5, 0.6) is 0 Å². The van der Waals surface area contributed by atoms with E-state index in [1.807, 2.05) is 0 Å². The Kier molecular flexibility index (Phi) is 6.12. The van der Waals surface area contributed by atoms with Gasteiger partial charge in [0.1, 0.15) is 0 Å². The SMILES string of the molecule is CCC(CC)(CBr)CN1CCN(c2cccc(C)c2)CC1. The van der Waals surface area contributed by atoms with Crippen LogP contribution in [0.25, 0.3) is 0 Å². The molecule has 118 valence electrons. The van der Waals surface area contributed by atoms with E-state index in [1.54, 1.807) is 0 Å². The Balaban J connectivity index is 1.91. The molecule has 3 heteroatoms. The van der Waals surface area contributed by atoms with Crippen molar-refractivity contribution in [2.24, 2.45) is 5.41 Å². The molecular weight excluding hydrogens is 324 g/mol. The highest BCUT2D eigenvalue weighted by Gasteiger charge is 2.29. The molecule has 0 N–H and O–H groups in total. The third kappa shape index (κ3) is 4.23. The zero-order valence-electron chi connectivity index (χ0n) is 13.7. The van der Waals surface area contributed by atoms with Gasteiger partial charge in [0.25, 0.3) is 0 Å². The monoisotopic (exact) mass is 352 g/mol. The van der Waals surface area contributed by atoms with Gasteiger partial charge in [0, 0.05) is 43.7 Å². The summed E-state index contributed by atoms with van der Waals surface area (Å²) in [5, 5.41) is 1.12. The normalized spacial score (nSPS) is 17.2. The third-order valence-electron chi connectivity index (χ3n) is 5.08. The van der Waals surface area contributed by atoms with Crippen LogP contribution in [-0.4, -0.2) is 43.0 Å². The number of nitrogens with zero attached hydrogens (tertiary/aromatic N) is 2. The third-order valence-corrected chi connectivity index (χ3v) is 6.27. The first-order valence-corrected chi connectivity index (χ1v) is 9.34. The lowest BCUT2D eigenvalue weighted by Gasteiger charge is -2.41. The van der Waals surface area contributed by atoms with Gasteiger partial charge in [-0.05, 0) is 42.9 Å². The summed E-state index contributed by atoms with van der Waals surface area (Å²) in [6.07, 6.45) is 2.51. The molecular formula is C18H29BrN2. The first-order valence-electron chi connectivity index (χ1n) is 8.22. The van der Waals surface area contributed by atoms with Crippen molar-refractivity contribution in [3.63, 3.8) is 0 Å². The summed E-state index contributed by atoms with van der Waals surface area (Å²) in [5.41, 5.74) is 3.18. The maximum Gasteiger partial charge on any atom is 0.0369 e. The highest BCUT2D eigenvalue weighted by molar-refractivity contribution is 9.09. The van der Waals surface area contributed by atoms with Gasteiger partial charge in [0.05, 0.1) is 0 Å². The molecule has 2 nitrogen and oxygen atoms in total. The fraction of sp³-hybridized carbons (Fsp3) is 0.667. The molecule has 1 saturated heterocycles. The number of benzene rings is 1. The molecule has 0 bridgehead atoms. The molecule has 1 aliphatic heterocycles. The van der Waals surface area contributed by atoms with Gasteiger partial charge >= 0.3 is 0 Å². The summed E-state index contributed by atoms with van der Waals surface area (Å²) in [6, 6.07) is 8.88. The van der Waals surface area contributed by atoms with Crippen LogP contribution in [0.3, 0.4) is 0 Å². The number of halogens is 1. The number of aryl methyl sites for hydroxylation is 1. The number of hydrogen-bond acceptors (Lipinski definition) is 2. The molecule has 0 spiro atoms. The van der Waals surface area contributed by atoms with Gasteiger partial charge in [0.15, 0.2) is 0 Å². The lowest BCUT2D eigenvalue weighted by molar-refractivity contribution is 0.152. The zero-order valence-corrected chi connectivity index (χ0v) is 15.3. The standard InChI is InChI=1S/C18H29BrN2/c1-4-18(5-2,14-19)15-20-9-11-21(12-10-20)17-8-6-7-16(3)13-17/h6-8,13H,4-5,9-12,14-15H2,1-3H3. The van der Waals surface area contributed by atoms with Crippen LogP contribution >= 0.6 is 15.9 Å². The van der Waals surface area contributed by atoms with Crippen LogP contribution < -0.4 is 4.90 Å². The number of piperazine rings is 1. The van der Waals surface area contributed by atoms with Crippen LogP contribution in [-0.2, 0) is 0 Å². The molecule has 1 aliphatic rings. The quantitative estimate of drug-likeness (QED) is 0.703. The van der Waals surface area contributed by atoms with E-state index in [2.05, 4.69) is 70.8 Å². The molecule has 0 aromatic heterocycles. The molecule has 0 radical (unpaired) electrons. The molecule has 1 heterocycles. The van der Waals surface area contributed by atoms with Crippen molar-refractivity contribution in [3.8, 4) is 0 Å². The minimum atomic E-state index is 0.450. The summed E-state index contributed by atoms with van der Waals surface area (Å²) in [5.74, 6) is 0. The number of hydrogen-bond donors (Lipinski definition) is 0. The van der Waals surface area contributed by atoms with E-state index in [-0.39, 0.29) is 0 Å². The molecule has 21 heavy (non-hydrogen) atoms. The highest BCUT2D eigenvalue weighted by atomic mass is 79.9. The Bertz CT molecular complexity index is 426. The largest absolute Gasteiger partial charge is 0.369 e. The van der Waals surface area contributed by atoms with Crippen LogP contribution in [0.15, 0.2) is 24.3 Å². The summed E-state index contributed by atoms with van der Waals surface area (Å²) < 4.78 is 0. The second-order valence-corrected chi connectivity index (χ2v) is 7.00. The van der Waals surface area contributed by atoms with Crippen LogP contribution in [0, 0.1) is 12.3 Å². The van der Waals surface area contributed by atoms with E-state index in [1.165, 1.54) is 43.7 Å². The fourth-order valence-corrected chi connectivity index (χ4v) is 4.14. The Morgan fingerprint density at radius 2 is 1.76 bits per heavy atom. The smallest absolute Gasteiger partial charge is 0.0369 e. The van der Waals surface area contributed by atoms with E-state index in [0.29, 0.717) is 5.41 Å². The molecule has 1 fully saturated rings.